The Kier molecular flexibility index (Phi) is 3.95. The van der Waals surface area contributed by atoms with Crippen LogP contribution in [0.25, 0.3) is 5.69 Å². The molecule has 3 heteroatoms. The van der Waals surface area contributed by atoms with E-state index in [9.17, 15) is 4.79 Å². The summed E-state index contributed by atoms with van der Waals surface area (Å²) in [5.74, 6) is 0.988. The zero-order chi connectivity index (χ0) is 13.8. The number of carbonyl (C=O) groups excluding carboxylic acids is 1. The molecule has 0 saturated heterocycles. The second-order valence-electron chi connectivity index (χ2n) is 5.62. The van der Waals surface area contributed by atoms with Gasteiger partial charge in [0.25, 0.3) is 0 Å². The fourth-order valence-corrected chi connectivity index (χ4v) is 2.97. The number of hydrogen-bond acceptors (Lipinski definition) is 2. The fraction of sp³-hybridized carbons (Fsp3) is 0.412. The van der Waals surface area contributed by atoms with Gasteiger partial charge < -0.3 is 0 Å². The van der Waals surface area contributed by atoms with Gasteiger partial charge in [-0.3, -0.25) is 4.79 Å². The van der Waals surface area contributed by atoms with Crippen molar-refractivity contribution in [3.05, 3.63) is 48.3 Å². The molecule has 3 rings (SSSR count). The van der Waals surface area contributed by atoms with E-state index in [4.69, 9.17) is 0 Å². The summed E-state index contributed by atoms with van der Waals surface area (Å²) in [7, 11) is 0. The Labute approximate surface area is 119 Å². The third kappa shape index (κ3) is 2.98. The van der Waals surface area contributed by atoms with Crippen molar-refractivity contribution in [3.8, 4) is 5.69 Å². The molecule has 1 aliphatic carbocycles. The summed E-state index contributed by atoms with van der Waals surface area (Å²) in [6, 6.07) is 9.89. The Balaban J connectivity index is 1.62. The van der Waals surface area contributed by atoms with Gasteiger partial charge in [-0.05, 0) is 24.5 Å². The quantitative estimate of drug-likeness (QED) is 0.767. The highest BCUT2D eigenvalue weighted by Crippen LogP contribution is 2.29. The van der Waals surface area contributed by atoms with E-state index in [-0.39, 0.29) is 5.78 Å². The van der Waals surface area contributed by atoms with Gasteiger partial charge in [-0.2, -0.15) is 5.10 Å². The maximum atomic E-state index is 12.2. The van der Waals surface area contributed by atoms with Gasteiger partial charge in [0.2, 0.25) is 0 Å². The van der Waals surface area contributed by atoms with Gasteiger partial charge in [-0.1, -0.05) is 43.9 Å². The van der Waals surface area contributed by atoms with Gasteiger partial charge in [-0.25, -0.2) is 4.68 Å². The SMILES string of the molecule is O=C(CCC1CCCC1)c1cnn(-c2ccccc2)c1. The largest absolute Gasteiger partial charge is 0.294 e. The third-order valence-electron chi connectivity index (χ3n) is 4.18. The lowest BCUT2D eigenvalue weighted by atomic mass is 9.99. The number of rotatable bonds is 5. The van der Waals surface area contributed by atoms with Crippen LogP contribution in [-0.4, -0.2) is 15.6 Å². The Morgan fingerprint density at radius 3 is 2.70 bits per heavy atom. The molecule has 0 amide bonds. The van der Waals surface area contributed by atoms with E-state index in [1.165, 1.54) is 25.7 Å². The first-order chi connectivity index (χ1) is 9.83. The number of hydrogen-bond donors (Lipinski definition) is 0. The van der Waals surface area contributed by atoms with Crippen LogP contribution >= 0.6 is 0 Å². The van der Waals surface area contributed by atoms with Crippen LogP contribution in [0.4, 0.5) is 0 Å². The van der Waals surface area contributed by atoms with Crippen molar-refractivity contribution in [2.24, 2.45) is 5.92 Å². The van der Waals surface area contributed by atoms with Gasteiger partial charge in [-0.15, -0.1) is 0 Å². The molecule has 1 heterocycles. The summed E-state index contributed by atoms with van der Waals surface area (Å²) < 4.78 is 1.77. The highest BCUT2D eigenvalue weighted by molar-refractivity contribution is 5.95. The molecule has 0 bridgehead atoms. The van der Waals surface area contributed by atoms with Crippen molar-refractivity contribution < 1.29 is 4.79 Å². The number of aromatic nitrogens is 2. The molecule has 1 saturated carbocycles. The zero-order valence-electron chi connectivity index (χ0n) is 11.7. The van der Waals surface area contributed by atoms with E-state index < -0.39 is 0 Å². The minimum absolute atomic E-state index is 0.221. The van der Waals surface area contributed by atoms with Crippen molar-refractivity contribution in [2.75, 3.05) is 0 Å². The Morgan fingerprint density at radius 2 is 1.95 bits per heavy atom. The van der Waals surface area contributed by atoms with Crippen molar-refractivity contribution >= 4 is 5.78 Å². The maximum absolute atomic E-state index is 12.2. The van der Waals surface area contributed by atoms with Crippen LogP contribution in [0.5, 0.6) is 0 Å². The molecule has 0 spiro atoms. The minimum Gasteiger partial charge on any atom is -0.294 e. The Bertz CT molecular complexity index is 568. The van der Waals surface area contributed by atoms with Gasteiger partial charge in [0.05, 0.1) is 17.4 Å². The monoisotopic (exact) mass is 268 g/mol. The van der Waals surface area contributed by atoms with Crippen LogP contribution in [0, 0.1) is 5.92 Å². The van der Waals surface area contributed by atoms with Crippen LogP contribution in [0.2, 0.25) is 0 Å². The minimum atomic E-state index is 0.221. The van der Waals surface area contributed by atoms with E-state index >= 15 is 0 Å². The number of Topliss-reactive ketones (excluding diaryl/α,β-unsaturated/α-hetero) is 1. The van der Waals surface area contributed by atoms with E-state index in [2.05, 4.69) is 5.10 Å². The normalized spacial score (nSPS) is 15.6. The molecule has 1 aromatic heterocycles. The first-order valence-electron chi connectivity index (χ1n) is 7.46. The topological polar surface area (TPSA) is 34.9 Å². The summed E-state index contributed by atoms with van der Waals surface area (Å²) in [6.45, 7) is 0. The molecular weight excluding hydrogens is 248 g/mol. The van der Waals surface area contributed by atoms with Crippen molar-refractivity contribution in [3.63, 3.8) is 0 Å². The molecule has 1 aliphatic rings. The summed E-state index contributed by atoms with van der Waals surface area (Å²) >= 11 is 0. The molecule has 20 heavy (non-hydrogen) atoms. The first kappa shape index (κ1) is 13.1. The van der Waals surface area contributed by atoms with Gasteiger partial charge >= 0.3 is 0 Å². The molecule has 0 radical (unpaired) electrons. The van der Waals surface area contributed by atoms with Crippen LogP contribution in [0.15, 0.2) is 42.7 Å². The van der Waals surface area contributed by atoms with E-state index in [0.29, 0.717) is 6.42 Å². The fourth-order valence-electron chi connectivity index (χ4n) is 2.97. The lowest BCUT2D eigenvalue weighted by Crippen LogP contribution is -2.02. The van der Waals surface area contributed by atoms with E-state index in [0.717, 1.165) is 23.6 Å². The predicted octanol–water partition coefficient (Wildman–Crippen LogP) is 4.03. The third-order valence-corrected chi connectivity index (χ3v) is 4.18. The average molecular weight is 268 g/mol. The predicted molar refractivity (Wildman–Crippen MR) is 79.1 cm³/mol. The first-order valence-corrected chi connectivity index (χ1v) is 7.46. The van der Waals surface area contributed by atoms with Gasteiger partial charge in [0, 0.05) is 12.6 Å². The zero-order valence-corrected chi connectivity index (χ0v) is 11.7. The molecule has 3 nitrogen and oxygen atoms in total. The highest BCUT2D eigenvalue weighted by Gasteiger charge is 2.17. The molecule has 0 atom stereocenters. The van der Waals surface area contributed by atoms with Crippen LogP contribution < -0.4 is 0 Å². The summed E-state index contributed by atoms with van der Waals surface area (Å²) in [6.07, 6.45) is 10.5. The molecule has 1 fully saturated rings. The van der Waals surface area contributed by atoms with Crippen molar-refractivity contribution in [1.82, 2.24) is 9.78 Å². The van der Waals surface area contributed by atoms with E-state index in [1.807, 2.05) is 36.5 Å². The van der Waals surface area contributed by atoms with Crippen molar-refractivity contribution in [1.29, 1.82) is 0 Å². The molecule has 104 valence electrons. The smallest absolute Gasteiger partial charge is 0.166 e. The second kappa shape index (κ2) is 6.04. The van der Waals surface area contributed by atoms with Crippen LogP contribution in [0.1, 0.15) is 48.9 Å². The van der Waals surface area contributed by atoms with Crippen molar-refractivity contribution in [2.45, 2.75) is 38.5 Å². The molecular formula is C17H20N2O. The number of ketones is 1. The van der Waals surface area contributed by atoms with Crippen LogP contribution in [-0.2, 0) is 0 Å². The second-order valence-corrected chi connectivity index (χ2v) is 5.62. The van der Waals surface area contributed by atoms with Crippen LogP contribution in [0.3, 0.4) is 0 Å². The number of carbonyl (C=O) groups is 1. The Hall–Kier alpha value is -1.90. The summed E-state index contributed by atoms with van der Waals surface area (Å²) in [4.78, 5) is 12.2. The summed E-state index contributed by atoms with van der Waals surface area (Å²) in [5.41, 5.74) is 1.72. The lowest BCUT2D eigenvalue weighted by Gasteiger charge is -2.06. The maximum Gasteiger partial charge on any atom is 0.166 e. The highest BCUT2D eigenvalue weighted by atomic mass is 16.1. The number of benzene rings is 1. The molecule has 2 aromatic rings. The molecule has 1 aromatic carbocycles. The van der Waals surface area contributed by atoms with E-state index in [1.54, 1.807) is 10.9 Å². The number of para-hydroxylation sites is 1. The Morgan fingerprint density at radius 1 is 1.20 bits per heavy atom. The standard InChI is InChI=1S/C17H20N2O/c20-17(11-10-14-6-4-5-7-14)15-12-18-19(13-15)16-8-2-1-3-9-16/h1-3,8-9,12-14H,4-7,10-11H2. The molecule has 0 aliphatic heterocycles. The molecule has 0 N–H and O–H groups in total. The summed E-state index contributed by atoms with van der Waals surface area (Å²) in [5, 5.41) is 4.28. The van der Waals surface area contributed by atoms with Gasteiger partial charge in [0.15, 0.2) is 5.78 Å². The lowest BCUT2D eigenvalue weighted by molar-refractivity contribution is 0.0974. The average Bonchev–Trinajstić information content (AvgIpc) is 3.17. The number of nitrogens with zero attached hydrogens (tertiary/aromatic N) is 2. The molecule has 0 unspecified atom stereocenters. The van der Waals surface area contributed by atoms with Gasteiger partial charge in [0.1, 0.15) is 0 Å².